The van der Waals surface area contributed by atoms with E-state index in [0.29, 0.717) is 28.1 Å². The zero-order chi connectivity index (χ0) is 16.4. The minimum Gasteiger partial charge on any atom is -0.321 e. The van der Waals surface area contributed by atoms with Gasteiger partial charge in [0.25, 0.3) is 5.91 Å². The van der Waals surface area contributed by atoms with Crippen molar-refractivity contribution in [1.82, 2.24) is 9.78 Å². The first-order valence-electron chi connectivity index (χ1n) is 7.22. The Morgan fingerprint density at radius 3 is 2.39 bits per heavy atom. The van der Waals surface area contributed by atoms with E-state index >= 15 is 0 Å². The van der Waals surface area contributed by atoms with Gasteiger partial charge in [0.05, 0.1) is 11.3 Å². The van der Waals surface area contributed by atoms with E-state index in [4.69, 9.17) is 0 Å². The van der Waals surface area contributed by atoms with Crippen LogP contribution in [0.25, 0.3) is 11.1 Å². The molecule has 116 valence electrons. The number of nitrogens with zero attached hydrogens (tertiary/aromatic N) is 2. The van der Waals surface area contributed by atoms with Crippen molar-refractivity contribution in [2.45, 2.75) is 6.92 Å². The van der Waals surface area contributed by atoms with Crippen molar-refractivity contribution >= 4 is 11.6 Å². The van der Waals surface area contributed by atoms with Crippen molar-refractivity contribution in [3.05, 3.63) is 71.8 Å². The quantitative estimate of drug-likeness (QED) is 0.800. The third-order valence-corrected chi connectivity index (χ3v) is 3.60. The molecule has 0 radical (unpaired) electrons. The molecule has 0 unspecified atom stereocenters. The highest BCUT2D eigenvalue weighted by Crippen LogP contribution is 2.30. The smallest absolute Gasteiger partial charge is 0.259 e. The van der Waals surface area contributed by atoms with Crippen molar-refractivity contribution in [3.63, 3.8) is 0 Å². The fourth-order valence-electron chi connectivity index (χ4n) is 2.52. The Morgan fingerprint density at radius 2 is 1.74 bits per heavy atom. The summed E-state index contributed by atoms with van der Waals surface area (Å²) in [5.74, 6) is -0.592. The molecule has 0 aliphatic rings. The van der Waals surface area contributed by atoms with Gasteiger partial charge in [-0.05, 0) is 19.1 Å². The summed E-state index contributed by atoms with van der Waals surface area (Å²) in [7, 11) is 1.76. The van der Waals surface area contributed by atoms with Crippen molar-refractivity contribution < 1.29 is 9.18 Å². The fraction of sp³-hybridized carbons (Fsp3) is 0.111. The molecule has 5 heteroatoms. The van der Waals surface area contributed by atoms with E-state index in [-0.39, 0.29) is 11.7 Å². The van der Waals surface area contributed by atoms with Crippen LogP contribution in [0.3, 0.4) is 0 Å². The monoisotopic (exact) mass is 309 g/mol. The molecular weight excluding hydrogens is 293 g/mol. The summed E-state index contributed by atoms with van der Waals surface area (Å²) in [5.41, 5.74) is 2.79. The zero-order valence-corrected chi connectivity index (χ0v) is 12.9. The average Bonchev–Trinajstić information content (AvgIpc) is 2.87. The number of nitrogens with one attached hydrogen (secondary N) is 1. The summed E-state index contributed by atoms with van der Waals surface area (Å²) < 4.78 is 15.6. The van der Waals surface area contributed by atoms with Crippen LogP contribution in [-0.2, 0) is 7.05 Å². The molecule has 0 saturated heterocycles. The number of aromatic nitrogens is 2. The summed E-state index contributed by atoms with van der Waals surface area (Å²) in [4.78, 5) is 12.5. The number of halogens is 1. The molecule has 0 fully saturated rings. The minimum atomic E-state index is -0.327. The summed E-state index contributed by atoms with van der Waals surface area (Å²) in [6.45, 7) is 1.78. The molecule has 1 N–H and O–H groups in total. The number of hydrogen-bond donors (Lipinski definition) is 1. The van der Waals surface area contributed by atoms with Crippen molar-refractivity contribution in [1.29, 1.82) is 0 Å². The third-order valence-electron chi connectivity index (χ3n) is 3.60. The van der Waals surface area contributed by atoms with Gasteiger partial charge in [-0.3, -0.25) is 9.48 Å². The van der Waals surface area contributed by atoms with E-state index in [2.05, 4.69) is 10.4 Å². The van der Waals surface area contributed by atoms with Crippen molar-refractivity contribution in [2.75, 3.05) is 5.32 Å². The van der Waals surface area contributed by atoms with Gasteiger partial charge in [-0.1, -0.05) is 36.4 Å². The Bertz CT molecular complexity index is 870. The molecule has 1 heterocycles. The van der Waals surface area contributed by atoms with Gasteiger partial charge >= 0.3 is 0 Å². The second-order valence-electron chi connectivity index (χ2n) is 5.28. The first-order valence-corrected chi connectivity index (χ1v) is 7.22. The Balaban J connectivity index is 1.97. The molecule has 0 atom stereocenters. The molecule has 0 aliphatic heterocycles. The number of carbonyl (C=O) groups is 1. The summed E-state index contributed by atoms with van der Waals surface area (Å²) in [6, 6.07) is 13.6. The maximum Gasteiger partial charge on any atom is 0.259 e. The van der Waals surface area contributed by atoms with Crippen LogP contribution in [0.1, 0.15) is 16.1 Å². The van der Waals surface area contributed by atoms with Gasteiger partial charge in [0.1, 0.15) is 5.82 Å². The lowest BCUT2D eigenvalue weighted by molar-refractivity contribution is 0.102. The fourth-order valence-corrected chi connectivity index (χ4v) is 2.52. The van der Waals surface area contributed by atoms with Crippen LogP contribution in [0.4, 0.5) is 10.1 Å². The molecule has 0 aliphatic carbocycles. The number of carbonyl (C=O) groups excluding carboxylic acids is 1. The molecule has 0 saturated carbocycles. The van der Waals surface area contributed by atoms with Crippen LogP contribution in [0.5, 0.6) is 0 Å². The molecule has 0 spiro atoms. The van der Waals surface area contributed by atoms with Gasteiger partial charge in [-0.25, -0.2) is 4.39 Å². The molecule has 3 aromatic rings. The van der Waals surface area contributed by atoms with Gasteiger partial charge in [-0.2, -0.15) is 5.10 Å². The number of amides is 1. The third kappa shape index (κ3) is 2.99. The van der Waals surface area contributed by atoms with E-state index in [1.165, 1.54) is 6.07 Å². The van der Waals surface area contributed by atoms with Gasteiger partial charge in [0, 0.05) is 30.1 Å². The largest absolute Gasteiger partial charge is 0.321 e. The van der Waals surface area contributed by atoms with Gasteiger partial charge in [0.15, 0.2) is 0 Å². The highest BCUT2D eigenvalue weighted by Gasteiger charge is 2.15. The Kier molecular flexibility index (Phi) is 3.93. The second kappa shape index (κ2) is 6.04. The topological polar surface area (TPSA) is 46.9 Å². The summed E-state index contributed by atoms with van der Waals surface area (Å²) in [5, 5.41) is 7.01. The minimum absolute atomic E-state index is 0.264. The first-order chi connectivity index (χ1) is 11.1. The van der Waals surface area contributed by atoms with Crippen LogP contribution in [-0.4, -0.2) is 15.7 Å². The van der Waals surface area contributed by atoms with Crippen LogP contribution in [0, 0.1) is 12.7 Å². The van der Waals surface area contributed by atoms with E-state index in [9.17, 15) is 9.18 Å². The maximum atomic E-state index is 14.1. The predicted molar refractivity (Wildman–Crippen MR) is 87.7 cm³/mol. The Labute approximate surface area is 133 Å². The molecule has 23 heavy (non-hydrogen) atoms. The highest BCUT2D eigenvalue weighted by molar-refractivity contribution is 6.06. The molecule has 0 bridgehead atoms. The number of para-hydroxylation sites is 1. The number of rotatable bonds is 3. The number of benzene rings is 2. The maximum absolute atomic E-state index is 14.1. The Hall–Kier alpha value is -2.95. The zero-order valence-electron chi connectivity index (χ0n) is 12.9. The van der Waals surface area contributed by atoms with E-state index < -0.39 is 0 Å². The lowest BCUT2D eigenvalue weighted by atomic mass is 10.0. The van der Waals surface area contributed by atoms with Crippen LogP contribution >= 0.6 is 0 Å². The summed E-state index contributed by atoms with van der Waals surface area (Å²) in [6.07, 6.45) is 1.66. The highest BCUT2D eigenvalue weighted by atomic mass is 19.1. The molecular formula is C18H16FN3O. The molecule has 2 aromatic carbocycles. The molecule has 4 nitrogen and oxygen atoms in total. The Morgan fingerprint density at radius 1 is 1.09 bits per heavy atom. The SMILES string of the molecule is Cc1nn(C)cc1C(=O)Nc1ccccc1-c1ccccc1F. The number of aryl methyl sites for hydroxylation is 2. The lowest BCUT2D eigenvalue weighted by Crippen LogP contribution is -2.13. The van der Waals surface area contributed by atoms with E-state index in [1.807, 2.05) is 6.07 Å². The molecule has 3 rings (SSSR count). The van der Waals surface area contributed by atoms with Crippen LogP contribution in [0.15, 0.2) is 54.7 Å². The number of anilines is 1. The molecule has 1 aromatic heterocycles. The lowest BCUT2D eigenvalue weighted by Gasteiger charge is -2.11. The van der Waals surface area contributed by atoms with Crippen LogP contribution < -0.4 is 5.32 Å². The van der Waals surface area contributed by atoms with Crippen LogP contribution in [0.2, 0.25) is 0 Å². The average molecular weight is 309 g/mol. The molecule has 1 amide bonds. The standard InChI is InChI=1S/C18H16FN3O/c1-12-15(11-22(2)21-12)18(23)20-17-10-6-4-8-14(17)13-7-3-5-9-16(13)19/h3-11H,1-2H3,(H,20,23). The predicted octanol–water partition coefficient (Wildman–Crippen LogP) is 3.79. The van der Waals surface area contributed by atoms with Gasteiger partial charge in [-0.15, -0.1) is 0 Å². The number of hydrogen-bond acceptors (Lipinski definition) is 2. The second-order valence-corrected chi connectivity index (χ2v) is 5.28. The van der Waals surface area contributed by atoms with Gasteiger partial charge < -0.3 is 5.32 Å². The van der Waals surface area contributed by atoms with Gasteiger partial charge in [0.2, 0.25) is 0 Å². The van der Waals surface area contributed by atoms with E-state index in [0.717, 1.165) is 0 Å². The van der Waals surface area contributed by atoms with E-state index in [1.54, 1.807) is 61.2 Å². The first kappa shape index (κ1) is 15.0. The van der Waals surface area contributed by atoms with Crippen molar-refractivity contribution in [3.8, 4) is 11.1 Å². The van der Waals surface area contributed by atoms with Crippen molar-refractivity contribution in [2.24, 2.45) is 7.05 Å². The summed E-state index contributed by atoms with van der Waals surface area (Å²) >= 11 is 0. The normalized spacial score (nSPS) is 10.6.